The maximum absolute atomic E-state index is 13.1. The molecule has 12 heavy (non-hydrogen) atoms. The predicted molar refractivity (Wildman–Crippen MR) is 65.8 cm³/mol. The quantitative estimate of drug-likeness (QED) is 0.472. The van der Waals surface area contributed by atoms with E-state index in [4.69, 9.17) is 0 Å². The topological polar surface area (TPSA) is 0 Å². The smallest absolute Gasteiger partial charge is 0.207 e. The summed E-state index contributed by atoms with van der Waals surface area (Å²) in [6, 6.07) is 0. The fourth-order valence-electron chi connectivity index (χ4n) is 0.963. The molecule has 0 heterocycles. The van der Waals surface area contributed by atoms with Gasteiger partial charge in [0, 0.05) is 20.7 Å². The van der Waals surface area contributed by atoms with Crippen molar-refractivity contribution in [1.82, 2.24) is 0 Å². The van der Waals surface area contributed by atoms with Gasteiger partial charge in [-0.15, -0.1) is 0 Å². The number of hydrogen-bond donors (Lipinski definition) is 0. The Labute approximate surface area is 100 Å². The molecule has 0 saturated heterocycles. The van der Waals surface area contributed by atoms with Crippen LogP contribution in [0.2, 0.25) is 0 Å². The lowest BCUT2D eigenvalue weighted by atomic mass is 10.1. The second-order valence-electron chi connectivity index (χ2n) is 3.05. The summed E-state index contributed by atoms with van der Waals surface area (Å²) in [4.78, 5) is 0. The van der Waals surface area contributed by atoms with Gasteiger partial charge in [-0.05, 0) is 6.42 Å². The molecule has 74 valence electrons. The van der Waals surface area contributed by atoms with Gasteiger partial charge in [0.05, 0.1) is 0 Å². The van der Waals surface area contributed by atoms with E-state index in [0.29, 0.717) is 0 Å². The average Bonchev–Trinajstić information content (AvgIpc) is 1.83. The molecule has 0 spiro atoms. The Morgan fingerprint density at radius 2 is 1.75 bits per heavy atom. The summed E-state index contributed by atoms with van der Waals surface area (Å²) in [5, 5.41) is 0. The molecule has 0 aromatic carbocycles. The third-order valence-electron chi connectivity index (χ3n) is 1.54. The Morgan fingerprint density at radius 1 is 1.25 bits per heavy atom. The first-order valence-electron chi connectivity index (χ1n) is 4.03. The van der Waals surface area contributed by atoms with E-state index in [2.05, 4.69) is 22.6 Å². The lowest BCUT2D eigenvalue weighted by molar-refractivity contribution is -0.0135. The second-order valence-corrected chi connectivity index (χ2v) is 6.94. The van der Waals surface area contributed by atoms with E-state index in [1.165, 1.54) is 0 Å². The molecular weight excluding hydrogens is 388 g/mol. The number of alkyl halides is 4. The standard InChI is InChI=1S/C8H14F2I2/c1-3-7(12)5-8(9,10)4-6(2)11/h6-7H,3-5H2,1-2H3. The first kappa shape index (κ1) is 13.3. The molecule has 0 aromatic heterocycles. The molecule has 0 radical (unpaired) electrons. The minimum atomic E-state index is -2.47. The summed E-state index contributed by atoms with van der Waals surface area (Å²) >= 11 is 4.14. The lowest BCUT2D eigenvalue weighted by Gasteiger charge is -2.19. The van der Waals surface area contributed by atoms with Crippen LogP contribution in [0.4, 0.5) is 8.78 Å². The van der Waals surface area contributed by atoms with E-state index in [1.807, 2.05) is 36.4 Å². The molecule has 0 N–H and O–H groups in total. The van der Waals surface area contributed by atoms with Crippen LogP contribution in [0.15, 0.2) is 0 Å². The Balaban J connectivity index is 3.85. The van der Waals surface area contributed by atoms with Gasteiger partial charge >= 0.3 is 0 Å². The minimum Gasteiger partial charge on any atom is -0.207 e. The summed E-state index contributed by atoms with van der Waals surface area (Å²) < 4.78 is 26.4. The van der Waals surface area contributed by atoms with Crippen molar-refractivity contribution in [2.45, 2.75) is 46.9 Å². The lowest BCUT2D eigenvalue weighted by Crippen LogP contribution is -2.23. The van der Waals surface area contributed by atoms with E-state index >= 15 is 0 Å². The van der Waals surface area contributed by atoms with E-state index in [0.717, 1.165) is 6.42 Å². The summed E-state index contributed by atoms with van der Waals surface area (Å²) in [5.74, 6) is -2.47. The maximum Gasteiger partial charge on any atom is 0.250 e. The van der Waals surface area contributed by atoms with Crippen LogP contribution in [0.25, 0.3) is 0 Å². The molecule has 2 atom stereocenters. The van der Waals surface area contributed by atoms with E-state index in [-0.39, 0.29) is 20.7 Å². The molecule has 0 nitrogen and oxygen atoms in total. The number of halogens is 4. The van der Waals surface area contributed by atoms with Crippen LogP contribution in [-0.2, 0) is 0 Å². The summed E-state index contributed by atoms with van der Waals surface area (Å²) in [7, 11) is 0. The maximum atomic E-state index is 13.1. The van der Waals surface area contributed by atoms with Crippen molar-refractivity contribution in [1.29, 1.82) is 0 Å². The van der Waals surface area contributed by atoms with Crippen molar-refractivity contribution >= 4 is 45.2 Å². The van der Waals surface area contributed by atoms with Gasteiger partial charge in [-0.3, -0.25) is 0 Å². The summed E-state index contributed by atoms with van der Waals surface area (Å²) in [6.45, 7) is 3.77. The Bertz CT molecular complexity index is 126. The fraction of sp³-hybridized carbons (Fsp3) is 1.00. The predicted octanol–water partition coefficient (Wildman–Crippen LogP) is 4.44. The Hall–Kier alpha value is 1.32. The minimum absolute atomic E-state index is 0.00701. The highest BCUT2D eigenvalue weighted by atomic mass is 127. The van der Waals surface area contributed by atoms with Crippen LogP contribution in [0.1, 0.15) is 33.1 Å². The zero-order chi connectivity index (χ0) is 9.78. The summed E-state index contributed by atoms with van der Waals surface area (Å²) in [6.07, 6.45) is 0.857. The van der Waals surface area contributed by atoms with Crippen molar-refractivity contribution in [2.24, 2.45) is 0 Å². The number of hydrogen-bond acceptors (Lipinski definition) is 0. The van der Waals surface area contributed by atoms with Crippen molar-refractivity contribution < 1.29 is 8.78 Å². The molecule has 0 fully saturated rings. The summed E-state index contributed by atoms with van der Waals surface area (Å²) in [5.41, 5.74) is 0. The van der Waals surface area contributed by atoms with Gasteiger partial charge in [-0.2, -0.15) is 0 Å². The van der Waals surface area contributed by atoms with Gasteiger partial charge < -0.3 is 0 Å². The van der Waals surface area contributed by atoms with Crippen LogP contribution in [-0.4, -0.2) is 13.8 Å². The molecule has 0 aliphatic heterocycles. The van der Waals surface area contributed by atoms with Gasteiger partial charge in [0.2, 0.25) is 5.92 Å². The molecule has 0 aromatic rings. The highest BCUT2D eigenvalue weighted by Crippen LogP contribution is 2.31. The SMILES string of the molecule is CCC(I)CC(F)(F)CC(C)I. The third-order valence-corrected chi connectivity index (χ3v) is 3.30. The molecule has 0 bridgehead atoms. The van der Waals surface area contributed by atoms with E-state index < -0.39 is 5.92 Å². The molecule has 0 aliphatic carbocycles. The van der Waals surface area contributed by atoms with Gasteiger partial charge in [-0.1, -0.05) is 59.0 Å². The highest BCUT2D eigenvalue weighted by Gasteiger charge is 2.32. The zero-order valence-corrected chi connectivity index (χ0v) is 11.6. The van der Waals surface area contributed by atoms with Crippen LogP contribution in [0.3, 0.4) is 0 Å². The molecule has 2 unspecified atom stereocenters. The highest BCUT2D eigenvalue weighted by molar-refractivity contribution is 14.1. The van der Waals surface area contributed by atoms with Gasteiger partial charge in [-0.25, -0.2) is 8.78 Å². The molecule has 4 heteroatoms. The normalized spacial score (nSPS) is 17.5. The first-order valence-corrected chi connectivity index (χ1v) is 6.52. The van der Waals surface area contributed by atoms with E-state index in [1.54, 1.807) is 0 Å². The van der Waals surface area contributed by atoms with Crippen molar-refractivity contribution in [2.75, 3.05) is 0 Å². The molecule has 0 rings (SSSR count). The van der Waals surface area contributed by atoms with Crippen LogP contribution in [0.5, 0.6) is 0 Å². The van der Waals surface area contributed by atoms with Gasteiger partial charge in [0.25, 0.3) is 0 Å². The molecule has 0 aliphatic rings. The van der Waals surface area contributed by atoms with Crippen molar-refractivity contribution in [3.8, 4) is 0 Å². The Morgan fingerprint density at radius 3 is 2.08 bits per heavy atom. The van der Waals surface area contributed by atoms with Crippen molar-refractivity contribution in [3.63, 3.8) is 0 Å². The van der Waals surface area contributed by atoms with Crippen LogP contribution >= 0.6 is 45.2 Å². The third kappa shape index (κ3) is 6.80. The zero-order valence-electron chi connectivity index (χ0n) is 7.29. The largest absolute Gasteiger partial charge is 0.250 e. The fourth-order valence-corrected chi connectivity index (χ4v) is 2.25. The average molecular weight is 402 g/mol. The van der Waals surface area contributed by atoms with Crippen LogP contribution in [0, 0.1) is 0 Å². The number of rotatable bonds is 5. The second kappa shape index (κ2) is 5.93. The van der Waals surface area contributed by atoms with Gasteiger partial charge in [0.15, 0.2) is 0 Å². The first-order chi connectivity index (χ1) is 5.37. The van der Waals surface area contributed by atoms with E-state index in [9.17, 15) is 8.78 Å². The van der Waals surface area contributed by atoms with Crippen LogP contribution < -0.4 is 0 Å². The van der Waals surface area contributed by atoms with Gasteiger partial charge in [0.1, 0.15) is 0 Å². The molecule has 0 amide bonds. The monoisotopic (exact) mass is 402 g/mol. The Kier molecular flexibility index (Phi) is 6.58. The molecule has 0 saturated carbocycles. The molecular formula is C8H14F2I2. The van der Waals surface area contributed by atoms with Crippen molar-refractivity contribution in [3.05, 3.63) is 0 Å².